The molecule has 0 radical (unpaired) electrons. The van der Waals surface area contributed by atoms with Gasteiger partial charge in [-0.3, -0.25) is 0 Å². The van der Waals surface area contributed by atoms with E-state index in [0.29, 0.717) is 0 Å². The van der Waals surface area contributed by atoms with Crippen LogP contribution in [0, 0.1) is 0 Å². The molecule has 1 aliphatic heterocycles. The SMILES string of the molecule is C=CC1=C(N)CCNC1. The van der Waals surface area contributed by atoms with Crippen molar-refractivity contribution in [2.75, 3.05) is 13.1 Å². The molecule has 0 aromatic rings. The molecule has 0 aliphatic carbocycles. The van der Waals surface area contributed by atoms with Crippen molar-refractivity contribution in [3.8, 4) is 0 Å². The second-order valence-electron chi connectivity index (χ2n) is 2.18. The summed E-state index contributed by atoms with van der Waals surface area (Å²) in [6.07, 6.45) is 2.78. The molecule has 0 saturated heterocycles. The Labute approximate surface area is 55.4 Å². The van der Waals surface area contributed by atoms with Gasteiger partial charge in [-0.1, -0.05) is 12.7 Å². The molecule has 0 fully saturated rings. The molecule has 0 saturated carbocycles. The van der Waals surface area contributed by atoms with Crippen LogP contribution in [0.4, 0.5) is 0 Å². The molecule has 2 nitrogen and oxygen atoms in total. The van der Waals surface area contributed by atoms with Crippen LogP contribution in [0.25, 0.3) is 0 Å². The maximum absolute atomic E-state index is 5.66. The third-order valence-corrected chi connectivity index (χ3v) is 1.55. The molecule has 50 valence electrons. The highest BCUT2D eigenvalue weighted by Gasteiger charge is 2.04. The van der Waals surface area contributed by atoms with Crippen LogP contribution in [-0.4, -0.2) is 13.1 Å². The number of hydrogen-bond donors (Lipinski definition) is 2. The predicted molar refractivity (Wildman–Crippen MR) is 38.9 cm³/mol. The lowest BCUT2D eigenvalue weighted by atomic mass is 10.1. The van der Waals surface area contributed by atoms with Gasteiger partial charge in [0.2, 0.25) is 0 Å². The molecular weight excluding hydrogens is 112 g/mol. The van der Waals surface area contributed by atoms with Gasteiger partial charge < -0.3 is 11.1 Å². The molecule has 0 unspecified atom stereocenters. The largest absolute Gasteiger partial charge is 0.402 e. The van der Waals surface area contributed by atoms with Crippen LogP contribution < -0.4 is 11.1 Å². The minimum Gasteiger partial charge on any atom is -0.402 e. The zero-order valence-electron chi connectivity index (χ0n) is 5.48. The Bertz CT molecular complexity index is 147. The van der Waals surface area contributed by atoms with Crippen molar-refractivity contribution in [3.05, 3.63) is 23.9 Å². The smallest absolute Gasteiger partial charge is 0.0222 e. The summed E-state index contributed by atoms with van der Waals surface area (Å²) < 4.78 is 0. The Hall–Kier alpha value is -0.760. The van der Waals surface area contributed by atoms with Crippen molar-refractivity contribution in [1.29, 1.82) is 0 Å². The van der Waals surface area contributed by atoms with Gasteiger partial charge in [0.15, 0.2) is 0 Å². The molecule has 0 atom stereocenters. The maximum atomic E-state index is 5.66. The van der Waals surface area contributed by atoms with E-state index in [0.717, 1.165) is 30.8 Å². The number of nitrogens with two attached hydrogens (primary N) is 1. The molecule has 0 aromatic carbocycles. The standard InChI is InChI=1S/C7H12N2/c1-2-6-5-9-4-3-7(6)8/h2,9H,1,3-5,8H2. The third-order valence-electron chi connectivity index (χ3n) is 1.55. The number of rotatable bonds is 1. The van der Waals surface area contributed by atoms with E-state index < -0.39 is 0 Å². The van der Waals surface area contributed by atoms with Crippen LogP contribution in [0.5, 0.6) is 0 Å². The molecule has 1 rings (SSSR count). The van der Waals surface area contributed by atoms with Crippen molar-refractivity contribution >= 4 is 0 Å². The average Bonchev–Trinajstić information content (AvgIpc) is 1.89. The third kappa shape index (κ3) is 1.33. The van der Waals surface area contributed by atoms with Crippen LogP contribution in [0.15, 0.2) is 23.9 Å². The molecule has 1 aliphatic rings. The van der Waals surface area contributed by atoms with Crippen molar-refractivity contribution in [2.45, 2.75) is 6.42 Å². The first-order valence-electron chi connectivity index (χ1n) is 3.15. The minimum atomic E-state index is 0.884. The Morgan fingerprint density at radius 1 is 1.67 bits per heavy atom. The Kier molecular flexibility index (Phi) is 1.90. The van der Waals surface area contributed by atoms with Crippen molar-refractivity contribution in [3.63, 3.8) is 0 Å². The molecule has 1 heterocycles. The Balaban J connectivity index is 2.70. The highest BCUT2D eigenvalue weighted by atomic mass is 14.9. The van der Waals surface area contributed by atoms with Gasteiger partial charge in [0.25, 0.3) is 0 Å². The first-order valence-corrected chi connectivity index (χ1v) is 3.15. The highest BCUT2D eigenvalue weighted by Crippen LogP contribution is 2.06. The van der Waals surface area contributed by atoms with Gasteiger partial charge in [0, 0.05) is 18.8 Å². The molecule has 0 spiro atoms. The van der Waals surface area contributed by atoms with Gasteiger partial charge in [-0.05, 0) is 12.0 Å². The predicted octanol–water partition coefficient (Wildman–Crippen LogP) is 0.378. The van der Waals surface area contributed by atoms with Crippen LogP contribution in [0.1, 0.15) is 6.42 Å². The summed E-state index contributed by atoms with van der Waals surface area (Å²) in [5.74, 6) is 0. The number of nitrogens with one attached hydrogen (secondary N) is 1. The van der Waals surface area contributed by atoms with Gasteiger partial charge >= 0.3 is 0 Å². The molecule has 0 amide bonds. The zero-order valence-corrected chi connectivity index (χ0v) is 5.48. The lowest BCUT2D eigenvalue weighted by Gasteiger charge is -2.14. The van der Waals surface area contributed by atoms with E-state index in [1.807, 2.05) is 6.08 Å². The molecule has 3 N–H and O–H groups in total. The van der Waals surface area contributed by atoms with Crippen LogP contribution in [0.3, 0.4) is 0 Å². The fraction of sp³-hybridized carbons (Fsp3) is 0.429. The Morgan fingerprint density at radius 3 is 2.89 bits per heavy atom. The summed E-state index contributed by atoms with van der Waals surface area (Å²) in [6.45, 7) is 5.54. The lowest BCUT2D eigenvalue weighted by Crippen LogP contribution is -2.26. The number of hydrogen-bond acceptors (Lipinski definition) is 2. The second kappa shape index (κ2) is 2.69. The minimum absolute atomic E-state index is 0.884. The van der Waals surface area contributed by atoms with E-state index in [-0.39, 0.29) is 0 Å². The van der Waals surface area contributed by atoms with Gasteiger partial charge in [-0.25, -0.2) is 0 Å². The van der Waals surface area contributed by atoms with Gasteiger partial charge in [0.1, 0.15) is 0 Å². The zero-order chi connectivity index (χ0) is 6.69. The van der Waals surface area contributed by atoms with E-state index >= 15 is 0 Å². The molecule has 0 bridgehead atoms. The summed E-state index contributed by atoms with van der Waals surface area (Å²) >= 11 is 0. The molecule has 9 heavy (non-hydrogen) atoms. The van der Waals surface area contributed by atoms with Crippen LogP contribution in [-0.2, 0) is 0 Å². The van der Waals surface area contributed by atoms with Crippen molar-refractivity contribution < 1.29 is 0 Å². The first kappa shape index (κ1) is 6.36. The fourth-order valence-electron chi connectivity index (χ4n) is 0.923. The molecule has 0 aromatic heterocycles. The van der Waals surface area contributed by atoms with Crippen molar-refractivity contribution in [2.24, 2.45) is 5.73 Å². The summed E-state index contributed by atoms with van der Waals surface area (Å²) in [7, 11) is 0. The summed E-state index contributed by atoms with van der Waals surface area (Å²) in [4.78, 5) is 0. The van der Waals surface area contributed by atoms with Crippen LogP contribution in [0.2, 0.25) is 0 Å². The van der Waals surface area contributed by atoms with Crippen molar-refractivity contribution in [1.82, 2.24) is 5.32 Å². The lowest BCUT2D eigenvalue weighted by molar-refractivity contribution is 0.681. The summed E-state index contributed by atoms with van der Waals surface area (Å²) in [6, 6.07) is 0. The molecular formula is C7H12N2. The second-order valence-corrected chi connectivity index (χ2v) is 2.18. The van der Waals surface area contributed by atoms with Gasteiger partial charge in [-0.2, -0.15) is 0 Å². The van der Waals surface area contributed by atoms with E-state index in [2.05, 4.69) is 11.9 Å². The summed E-state index contributed by atoms with van der Waals surface area (Å²) in [5, 5.41) is 3.21. The monoisotopic (exact) mass is 124 g/mol. The van der Waals surface area contributed by atoms with Gasteiger partial charge in [0.05, 0.1) is 0 Å². The fourth-order valence-corrected chi connectivity index (χ4v) is 0.923. The highest BCUT2D eigenvalue weighted by molar-refractivity contribution is 5.25. The summed E-state index contributed by atoms with van der Waals surface area (Å²) in [5.41, 5.74) is 7.80. The van der Waals surface area contributed by atoms with E-state index in [1.54, 1.807) is 0 Å². The van der Waals surface area contributed by atoms with E-state index in [1.165, 1.54) is 0 Å². The first-order chi connectivity index (χ1) is 4.34. The maximum Gasteiger partial charge on any atom is 0.0222 e. The van der Waals surface area contributed by atoms with E-state index in [9.17, 15) is 0 Å². The molecule has 2 heteroatoms. The van der Waals surface area contributed by atoms with Gasteiger partial charge in [-0.15, -0.1) is 0 Å². The topological polar surface area (TPSA) is 38.0 Å². The van der Waals surface area contributed by atoms with Crippen LogP contribution >= 0.6 is 0 Å². The quantitative estimate of drug-likeness (QED) is 0.530. The van der Waals surface area contributed by atoms with E-state index in [4.69, 9.17) is 5.73 Å². The normalized spacial score (nSPS) is 20.0. The Morgan fingerprint density at radius 2 is 2.44 bits per heavy atom. The average molecular weight is 124 g/mol.